The van der Waals surface area contributed by atoms with Crippen LogP contribution >= 0.6 is 0 Å². The Balaban J connectivity index is -0.000000571. The van der Waals surface area contributed by atoms with Crippen LogP contribution in [0.25, 0.3) is 6.08 Å². The van der Waals surface area contributed by atoms with E-state index in [4.69, 9.17) is 9.84 Å². The summed E-state index contributed by atoms with van der Waals surface area (Å²) in [5, 5.41) is 18.1. The fourth-order valence-electron chi connectivity index (χ4n) is 2.84. The van der Waals surface area contributed by atoms with Crippen LogP contribution < -0.4 is 0 Å². The predicted octanol–water partition coefficient (Wildman–Crippen LogP) is 8.43. The van der Waals surface area contributed by atoms with Crippen molar-refractivity contribution >= 4 is 12.0 Å². The Morgan fingerprint density at radius 1 is 1.06 bits per heavy atom. The van der Waals surface area contributed by atoms with Gasteiger partial charge in [-0.2, -0.15) is 0 Å². The molecule has 4 heteroatoms. The molecule has 0 fully saturated rings. The molecule has 198 valence electrons. The van der Waals surface area contributed by atoms with E-state index in [0.717, 1.165) is 37.3 Å². The van der Waals surface area contributed by atoms with Crippen molar-refractivity contribution in [1.29, 1.82) is 0 Å². The lowest BCUT2D eigenvalue weighted by atomic mass is 10.0. The minimum atomic E-state index is -1.05. The van der Waals surface area contributed by atoms with Gasteiger partial charge < -0.3 is 14.9 Å². The maximum atomic E-state index is 10.1. The van der Waals surface area contributed by atoms with Crippen molar-refractivity contribution in [2.45, 2.75) is 104 Å². The van der Waals surface area contributed by atoms with Gasteiger partial charge in [0.2, 0.25) is 0 Å². The van der Waals surface area contributed by atoms with Gasteiger partial charge in [-0.1, -0.05) is 95.2 Å². The molecule has 1 rings (SSSR count). The van der Waals surface area contributed by atoms with Crippen LogP contribution in [0.2, 0.25) is 0 Å². The summed E-state index contributed by atoms with van der Waals surface area (Å²) in [7, 11) is 0. The summed E-state index contributed by atoms with van der Waals surface area (Å²) in [6.07, 6.45) is 14.4. The van der Waals surface area contributed by atoms with E-state index in [9.17, 15) is 9.90 Å². The number of rotatable bonds is 13. The van der Waals surface area contributed by atoms with E-state index in [1.807, 2.05) is 50.3 Å². The van der Waals surface area contributed by atoms with Crippen LogP contribution in [0.15, 0.2) is 62.2 Å². The molecule has 1 atom stereocenters. The van der Waals surface area contributed by atoms with E-state index >= 15 is 0 Å². The van der Waals surface area contributed by atoms with Crippen molar-refractivity contribution in [3.63, 3.8) is 0 Å². The molecule has 0 aliphatic carbocycles. The average molecular weight is 487 g/mol. The maximum absolute atomic E-state index is 10.1. The van der Waals surface area contributed by atoms with E-state index in [2.05, 4.69) is 38.5 Å². The first-order valence-electron chi connectivity index (χ1n) is 12.7. The summed E-state index contributed by atoms with van der Waals surface area (Å²) >= 11 is 0. The third-order valence-corrected chi connectivity index (χ3v) is 4.27. The summed E-state index contributed by atoms with van der Waals surface area (Å²) in [4.78, 5) is 10.1. The zero-order chi connectivity index (χ0) is 27.4. The minimum absolute atomic E-state index is 0.106. The third kappa shape index (κ3) is 31.4. The Hall–Kier alpha value is -2.61. The molecule has 4 nitrogen and oxygen atoms in total. The Bertz CT molecular complexity index is 690. The molecule has 0 amide bonds. The molecule has 35 heavy (non-hydrogen) atoms. The van der Waals surface area contributed by atoms with Crippen molar-refractivity contribution in [2.75, 3.05) is 0 Å². The molecule has 0 saturated heterocycles. The number of hydrogen-bond donors (Lipinski definition) is 2. The lowest BCUT2D eigenvalue weighted by molar-refractivity contribution is -0.207. The Kier molecular flexibility index (Phi) is 29.2. The summed E-state index contributed by atoms with van der Waals surface area (Å²) < 4.78 is 5.72. The molecule has 0 saturated carbocycles. The molecule has 0 aliphatic heterocycles. The van der Waals surface area contributed by atoms with Gasteiger partial charge in [0.15, 0.2) is 5.79 Å². The largest absolute Gasteiger partial charge is 0.478 e. The number of aliphatic hydroxyl groups is 1. The number of ether oxygens (including phenoxy) is 1. The highest BCUT2D eigenvalue weighted by atomic mass is 16.6. The fraction of sp³-hybridized carbons (Fsp3) is 0.516. The Labute approximate surface area is 215 Å². The van der Waals surface area contributed by atoms with Gasteiger partial charge in [0.25, 0.3) is 0 Å². The Morgan fingerprint density at radius 3 is 2.17 bits per heavy atom. The molecule has 0 aromatic heterocycles. The molecule has 1 aromatic rings. The lowest BCUT2D eigenvalue weighted by Gasteiger charge is -2.26. The van der Waals surface area contributed by atoms with Crippen LogP contribution in [-0.2, 0) is 9.53 Å². The molecule has 1 aromatic carbocycles. The van der Waals surface area contributed by atoms with E-state index in [0.29, 0.717) is 0 Å². The third-order valence-electron chi connectivity index (χ3n) is 4.27. The summed E-state index contributed by atoms with van der Waals surface area (Å²) in [5.41, 5.74) is 0.898. The molecule has 0 spiro atoms. The number of carbonyl (C=O) groups is 1. The normalized spacial score (nSPS) is 10.7. The highest BCUT2D eigenvalue weighted by Crippen LogP contribution is 2.18. The van der Waals surface area contributed by atoms with E-state index in [-0.39, 0.29) is 6.10 Å². The highest BCUT2D eigenvalue weighted by Gasteiger charge is 2.19. The minimum Gasteiger partial charge on any atom is -0.478 e. The molecule has 2 N–H and O–H groups in total. The van der Waals surface area contributed by atoms with Gasteiger partial charge in [0.05, 0.1) is 6.10 Å². The fourth-order valence-corrected chi connectivity index (χ4v) is 2.84. The maximum Gasteiger partial charge on any atom is 0.328 e. The number of carboxylic acids is 1. The van der Waals surface area contributed by atoms with Crippen molar-refractivity contribution < 1.29 is 19.7 Å². The molecule has 0 bridgehead atoms. The molecular weight excluding hydrogens is 436 g/mol. The van der Waals surface area contributed by atoms with Crippen LogP contribution in [-0.4, -0.2) is 28.1 Å². The quantitative estimate of drug-likeness (QED) is 0.0965. The lowest BCUT2D eigenvalue weighted by Crippen LogP contribution is -2.30. The van der Waals surface area contributed by atoms with Gasteiger partial charge in [0, 0.05) is 18.9 Å². The van der Waals surface area contributed by atoms with E-state index < -0.39 is 11.8 Å². The zero-order valence-corrected chi connectivity index (χ0v) is 22.9. The van der Waals surface area contributed by atoms with Gasteiger partial charge in [-0.3, -0.25) is 0 Å². The summed E-state index contributed by atoms with van der Waals surface area (Å²) in [6, 6.07) is 9.31. The highest BCUT2D eigenvalue weighted by molar-refractivity contribution is 5.85. The first-order chi connectivity index (χ1) is 16.8. The summed E-state index contributed by atoms with van der Waals surface area (Å²) in [5.74, 6) is 4.21. The smallest absolute Gasteiger partial charge is 0.328 e. The predicted molar refractivity (Wildman–Crippen MR) is 152 cm³/mol. The number of benzene rings is 1. The zero-order valence-electron chi connectivity index (χ0n) is 22.9. The number of hydrogen-bond acceptors (Lipinski definition) is 3. The average Bonchev–Trinajstić information content (AvgIpc) is 2.85. The van der Waals surface area contributed by atoms with Gasteiger partial charge in [0.1, 0.15) is 0 Å². The second-order valence-corrected chi connectivity index (χ2v) is 7.86. The van der Waals surface area contributed by atoms with Crippen molar-refractivity contribution in [3.8, 4) is 11.8 Å². The monoisotopic (exact) mass is 486 g/mol. The molecule has 0 heterocycles. The number of aliphatic carboxylic acids is 1. The second kappa shape index (κ2) is 27.6. The first-order valence-corrected chi connectivity index (χ1v) is 12.7. The van der Waals surface area contributed by atoms with Crippen LogP contribution in [0, 0.1) is 11.8 Å². The molecule has 0 radical (unpaired) electrons. The first kappa shape index (κ1) is 36.9. The standard InChI is InChI=1S/C18H32O2.C9H8O2.C2H6.C2H4/c1-5-7-9-11-13-15-17(20-18(3,4)19)16-14-12-10-8-6-2;10-9(11)7-6-8-4-2-1-3-5-8;2*1-2/h5,17,19H,1,6-8,10,12-16H2,2-4H3;1-7H,(H,10,11);1-2H3;1-2H2/b;7-6+;;. The SMILES string of the molecule is C=C.C=CCC#CCCC(CCCCCCC)OC(C)(C)O.CC.O=C(O)/C=C/c1ccccc1. The second-order valence-electron chi connectivity index (χ2n) is 7.86. The number of allylic oxidation sites excluding steroid dienone is 1. The molecule has 0 aliphatic rings. The van der Waals surface area contributed by atoms with Gasteiger partial charge in [-0.25, -0.2) is 4.79 Å². The van der Waals surface area contributed by atoms with Crippen LogP contribution in [0.1, 0.15) is 98.0 Å². The van der Waals surface area contributed by atoms with Crippen LogP contribution in [0.5, 0.6) is 0 Å². The Morgan fingerprint density at radius 2 is 1.66 bits per heavy atom. The molecular formula is C31H50O4. The summed E-state index contributed by atoms with van der Waals surface area (Å²) in [6.45, 7) is 19.3. The van der Waals surface area contributed by atoms with Crippen molar-refractivity contribution in [2.24, 2.45) is 0 Å². The van der Waals surface area contributed by atoms with Crippen LogP contribution in [0.3, 0.4) is 0 Å². The van der Waals surface area contributed by atoms with Crippen LogP contribution in [0.4, 0.5) is 0 Å². The number of carboxylic acid groups (broad SMARTS) is 1. The van der Waals surface area contributed by atoms with Crippen molar-refractivity contribution in [1.82, 2.24) is 0 Å². The van der Waals surface area contributed by atoms with Gasteiger partial charge in [-0.05, 0) is 38.3 Å². The topological polar surface area (TPSA) is 66.8 Å². The van der Waals surface area contributed by atoms with Gasteiger partial charge in [-0.15, -0.1) is 25.7 Å². The van der Waals surface area contributed by atoms with Gasteiger partial charge >= 0.3 is 5.97 Å². The van der Waals surface area contributed by atoms with Crippen molar-refractivity contribution in [3.05, 3.63) is 67.8 Å². The van der Waals surface area contributed by atoms with E-state index in [1.165, 1.54) is 32.1 Å². The molecule has 1 unspecified atom stereocenters. The van der Waals surface area contributed by atoms with E-state index in [1.54, 1.807) is 19.9 Å². The number of unbranched alkanes of at least 4 members (excludes halogenated alkanes) is 4.